The van der Waals surface area contributed by atoms with Crippen molar-refractivity contribution >= 4 is 0 Å². The third kappa shape index (κ3) is 2.70. The van der Waals surface area contributed by atoms with E-state index in [1.54, 1.807) is 0 Å². The Labute approximate surface area is 162 Å². The number of rotatable bonds is 3. The maximum absolute atomic E-state index is 11.2. The number of aliphatic hydroxyl groups is 2. The van der Waals surface area contributed by atoms with E-state index in [-0.39, 0.29) is 29.3 Å². The summed E-state index contributed by atoms with van der Waals surface area (Å²) < 4.78 is 11.9. The molecule has 150 valence electrons. The van der Waals surface area contributed by atoms with Crippen molar-refractivity contribution < 1.29 is 19.7 Å². The second kappa shape index (κ2) is 6.04. The zero-order chi connectivity index (χ0) is 18.2. The Morgan fingerprint density at radius 3 is 2.11 bits per heavy atom. The molecule has 0 radical (unpaired) electrons. The third-order valence-electron chi connectivity index (χ3n) is 9.25. The van der Waals surface area contributed by atoms with Crippen LogP contribution >= 0.6 is 0 Å². The topological polar surface area (TPSA) is 58.9 Å². The normalized spacial score (nSPS) is 53.6. The molecule has 4 heteroatoms. The van der Waals surface area contributed by atoms with Crippen LogP contribution in [-0.2, 0) is 9.47 Å². The van der Waals surface area contributed by atoms with E-state index in [1.165, 1.54) is 38.5 Å². The first-order valence-corrected chi connectivity index (χ1v) is 11.4. The molecule has 1 heterocycles. The van der Waals surface area contributed by atoms with E-state index in [2.05, 4.69) is 12.2 Å². The van der Waals surface area contributed by atoms with Gasteiger partial charge in [0.15, 0.2) is 5.79 Å². The van der Waals surface area contributed by atoms with Crippen LogP contribution in [0.15, 0.2) is 12.2 Å². The van der Waals surface area contributed by atoms with Crippen molar-refractivity contribution in [1.29, 1.82) is 0 Å². The lowest BCUT2D eigenvalue weighted by atomic mass is 9.48. The summed E-state index contributed by atoms with van der Waals surface area (Å²) in [6.45, 7) is 1.40. The van der Waals surface area contributed by atoms with Crippen molar-refractivity contribution in [1.82, 2.24) is 0 Å². The molecule has 4 nitrogen and oxygen atoms in total. The summed E-state index contributed by atoms with van der Waals surface area (Å²) in [6.07, 6.45) is 14.2. The van der Waals surface area contributed by atoms with Gasteiger partial charge in [0.25, 0.3) is 0 Å². The predicted molar refractivity (Wildman–Crippen MR) is 101 cm³/mol. The van der Waals surface area contributed by atoms with Crippen molar-refractivity contribution in [2.45, 2.75) is 75.8 Å². The van der Waals surface area contributed by atoms with Crippen LogP contribution < -0.4 is 0 Å². The minimum Gasteiger partial charge on any atom is -0.392 e. The monoisotopic (exact) mass is 374 g/mol. The van der Waals surface area contributed by atoms with Crippen molar-refractivity contribution in [2.24, 2.45) is 40.9 Å². The molecule has 1 unspecified atom stereocenters. The highest BCUT2D eigenvalue weighted by molar-refractivity contribution is 5.13. The molecule has 1 saturated heterocycles. The summed E-state index contributed by atoms with van der Waals surface area (Å²) in [5.41, 5.74) is 0.128. The highest BCUT2D eigenvalue weighted by Gasteiger charge is 2.56. The molecule has 6 saturated carbocycles. The second-order valence-corrected chi connectivity index (χ2v) is 10.9. The van der Waals surface area contributed by atoms with E-state index in [1.807, 2.05) is 0 Å². The Kier molecular flexibility index (Phi) is 3.90. The van der Waals surface area contributed by atoms with Gasteiger partial charge >= 0.3 is 0 Å². The summed E-state index contributed by atoms with van der Waals surface area (Å²) in [4.78, 5) is 0. The molecule has 0 aromatic rings. The van der Waals surface area contributed by atoms with Gasteiger partial charge in [-0.1, -0.05) is 12.2 Å². The van der Waals surface area contributed by atoms with E-state index in [9.17, 15) is 10.2 Å². The van der Waals surface area contributed by atoms with Gasteiger partial charge in [0.05, 0.1) is 25.4 Å². The van der Waals surface area contributed by atoms with Gasteiger partial charge in [-0.3, -0.25) is 0 Å². The molecule has 6 aliphatic carbocycles. The van der Waals surface area contributed by atoms with Gasteiger partial charge in [-0.05, 0) is 74.5 Å². The SMILES string of the molecule is OC(C=C[C@@H]1[C@@H]2CC3(C[C@@H]2C[C@H]1O)OCCO3)C12CC3CC(CC(C3)C1)C2. The number of aliphatic hydroxyl groups excluding tert-OH is 2. The van der Waals surface area contributed by atoms with Crippen molar-refractivity contribution in [3.8, 4) is 0 Å². The number of fused-ring (bicyclic) bond motifs is 1. The smallest absolute Gasteiger partial charge is 0.169 e. The number of hydrogen-bond donors (Lipinski definition) is 2. The Morgan fingerprint density at radius 2 is 1.48 bits per heavy atom. The van der Waals surface area contributed by atoms with Gasteiger partial charge in [0, 0.05) is 24.2 Å². The van der Waals surface area contributed by atoms with Crippen LogP contribution in [0.5, 0.6) is 0 Å². The highest BCUT2D eigenvalue weighted by atomic mass is 16.7. The predicted octanol–water partition coefficient (Wildman–Crippen LogP) is 3.27. The summed E-state index contributed by atoms with van der Waals surface area (Å²) in [6, 6.07) is 0. The fourth-order valence-electron chi connectivity index (χ4n) is 8.60. The van der Waals surface area contributed by atoms with Crippen LogP contribution in [-0.4, -0.2) is 41.4 Å². The van der Waals surface area contributed by atoms with Gasteiger partial charge in [-0.15, -0.1) is 0 Å². The lowest BCUT2D eigenvalue weighted by Gasteiger charge is -2.58. The van der Waals surface area contributed by atoms with Crippen molar-refractivity contribution in [3.63, 3.8) is 0 Å². The zero-order valence-corrected chi connectivity index (χ0v) is 16.3. The maximum atomic E-state index is 11.2. The van der Waals surface area contributed by atoms with Crippen LogP contribution in [0.1, 0.15) is 57.8 Å². The molecule has 0 aromatic heterocycles. The van der Waals surface area contributed by atoms with E-state index in [0.29, 0.717) is 25.0 Å². The standard InChI is InChI=1S/C23H34O4/c24-20-8-17-12-23(26-3-4-27-23)13-19(17)18(20)1-2-21(25)22-9-14-5-15(10-22)7-16(6-14)11-22/h1-2,14-21,24-25H,3-13H2/t14?,15?,16?,17-,18+,19+,20+,21?,22?/m0/s1. The van der Waals surface area contributed by atoms with Gasteiger partial charge in [-0.2, -0.15) is 0 Å². The fourth-order valence-corrected chi connectivity index (χ4v) is 8.60. The van der Waals surface area contributed by atoms with E-state index >= 15 is 0 Å². The Balaban J connectivity index is 1.18. The summed E-state index contributed by atoms with van der Waals surface area (Å²) >= 11 is 0. The summed E-state index contributed by atoms with van der Waals surface area (Å²) in [7, 11) is 0. The maximum Gasteiger partial charge on any atom is 0.169 e. The molecule has 1 spiro atoms. The molecule has 1 aliphatic heterocycles. The Hall–Kier alpha value is -0.420. The molecule has 2 N–H and O–H groups in total. The Morgan fingerprint density at radius 1 is 0.852 bits per heavy atom. The second-order valence-electron chi connectivity index (χ2n) is 10.9. The molecule has 7 rings (SSSR count). The average molecular weight is 375 g/mol. The summed E-state index contributed by atoms with van der Waals surface area (Å²) in [5.74, 6) is 3.25. The molecule has 0 aromatic carbocycles. The van der Waals surface area contributed by atoms with E-state index in [0.717, 1.165) is 37.0 Å². The summed E-state index contributed by atoms with van der Waals surface area (Å²) in [5, 5.41) is 21.8. The number of ether oxygens (including phenoxy) is 2. The van der Waals surface area contributed by atoms with Crippen molar-refractivity contribution in [3.05, 3.63) is 12.2 Å². The highest BCUT2D eigenvalue weighted by Crippen LogP contribution is 2.61. The third-order valence-corrected chi connectivity index (χ3v) is 9.25. The van der Waals surface area contributed by atoms with Gasteiger partial charge in [0.1, 0.15) is 0 Å². The molecule has 0 amide bonds. The molecular formula is C23H34O4. The van der Waals surface area contributed by atoms with Gasteiger partial charge < -0.3 is 19.7 Å². The molecule has 7 aliphatic rings. The van der Waals surface area contributed by atoms with E-state index < -0.39 is 0 Å². The van der Waals surface area contributed by atoms with Gasteiger partial charge in [0.2, 0.25) is 0 Å². The van der Waals surface area contributed by atoms with E-state index in [4.69, 9.17) is 9.47 Å². The first-order chi connectivity index (χ1) is 13.0. The Bertz CT molecular complexity index is 587. The first kappa shape index (κ1) is 17.4. The quantitative estimate of drug-likeness (QED) is 0.745. The van der Waals surface area contributed by atoms with Crippen molar-refractivity contribution in [2.75, 3.05) is 13.2 Å². The van der Waals surface area contributed by atoms with Crippen LogP contribution in [0.4, 0.5) is 0 Å². The molecule has 5 atom stereocenters. The van der Waals surface area contributed by atoms with Crippen LogP contribution in [0, 0.1) is 40.9 Å². The minimum atomic E-state index is -0.375. The largest absolute Gasteiger partial charge is 0.392 e. The lowest BCUT2D eigenvalue weighted by Crippen LogP contribution is -2.51. The molecular weight excluding hydrogens is 340 g/mol. The zero-order valence-electron chi connectivity index (χ0n) is 16.3. The van der Waals surface area contributed by atoms with Crippen LogP contribution in [0.25, 0.3) is 0 Å². The lowest BCUT2D eigenvalue weighted by molar-refractivity contribution is -0.157. The average Bonchev–Trinajstić information content (AvgIpc) is 3.28. The van der Waals surface area contributed by atoms with Crippen LogP contribution in [0.3, 0.4) is 0 Å². The fraction of sp³-hybridized carbons (Fsp3) is 0.913. The first-order valence-electron chi connectivity index (χ1n) is 11.4. The molecule has 27 heavy (non-hydrogen) atoms. The minimum absolute atomic E-state index is 0.128. The molecule has 4 bridgehead atoms. The molecule has 7 fully saturated rings. The number of hydrogen-bond acceptors (Lipinski definition) is 4. The van der Waals surface area contributed by atoms with Gasteiger partial charge in [-0.25, -0.2) is 0 Å². The van der Waals surface area contributed by atoms with Crippen LogP contribution in [0.2, 0.25) is 0 Å².